The summed E-state index contributed by atoms with van der Waals surface area (Å²) in [5.41, 5.74) is 5.46. The van der Waals surface area contributed by atoms with Gasteiger partial charge >= 0.3 is 0 Å². The Balaban J connectivity index is 1.44. The van der Waals surface area contributed by atoms with Crippen molar-refractivity contribution in [3.05, 3.63) is 66.4 Å². The van der Waals surface area contributed by atoms with E-state index in [-0.39, 0.29) is 17.1 Å². The lowest BCUT2D eigenvalue weighted by Gasteiger charge is -2.29. The largest absolute Gasteiger partial charge is 0.317 e. The zero-order valence-corrected chi connectivity index (χ0v) is 16.0. The molecule has 2 atom stereocenters. The van der Waals surface area contributed by atoms with Crippen LogP contribution >= 0.6 is 11.8 Å². The number of hydrogen-bond donors (Lipinski definition) is 2. The minimum absolute atomic E-state index is 0.0840. The number of carbonyl (C=O) groups excluding carboxylic acids is 1. The number of para-hydroxylation sites is 1. The predicted octanol–water partition coefficient (Wildman–Crippen LogP) is 4.93. The first kappa shape index (κ1) is 18.1. The average Bonchev–Trinajstić information content (AvgIpc) is 3.16. The summed E-state index contributed by atoms with van der Waals surface area (Å²) < 4.78 is 2.20. The van der Waals surface area contributed by atoms with Gasteiger partial charge in [-0.1, -0.05) is 43.2 Å². The summed E-state index contributed by atoms with van der Waals surface area (Å²) in [5.74, 6) is 0.563. The Labute approximate surface area is 163 Å². The van der Waals surface area contributed by atoms with Crippen LogP contribution < -0.4 is 5.48 Å². The molecule has 1 saturated carbocycles. The number of benzene rings is 2. The number of rotatable bonds is 5. The van der Waals surface area contributed by atoms with Gasteiger partial charge in [0.25, 0.3) is 0 Å². The highest BCUT2D eigenvalue weighted by Crippen LogP contribution is 2.35. The molecule has 1 aromatic heterocycles. The number of carbonyl (C=O) groups is 1. The molecule has 1 amide bonds. The van der Waals surface area contributed by atoms with Crippen LogP contribution in [0.25, 0.3) is 16.6 Å². The summed E-state index contributed by atoms with van der Waals surface area (Å²) in [6.07, 6.45) is 6.23. The maximum Gasteiger partial charge on any atom is 0.247 e. The van der Waals surface area contributed by atoms with Crippen molar-refractivity contribution in [3.63, 3.8) is 0 Å². The molecule has 0 spiro atoms. The fourth-order valence-electron chi connectivity index (χ4n) is 3.94. The molecule has 1 aliphatic carbocycles. The molecule has 4 rings (SSSR count). The number of thioether (sulfide) groups is 1. The molecule has 0 saturated heterocycles. The van der Waals surface area contributed by atoms with Crippen LogP contribution in [0.5, 0.6) is 0 Å². The maximum absolute atomic E-state index is 11.9. The number of amides is 1. The number of aromatic nitrogens is 1. The minimum Gasteiger partial charge on any atom is -0.317 e. The lowest BCUT2D eigenvalue weighted by atomic mass is 9.88. The molecule has 1 fully saturated rings. The van der Waals surface area contributed by atoms with E-state index < -0.39 is 0 Å². The molecule has 5 heteroatoms. The third-order valence-corrected chi connectivity index (χ3v) is 6.92. The molecule has 3 aromatic rings. The molecule has 1 heterocycles. The predicted molar refractivity (Wildman–Crippen MR) is 110 cm³/mol. The summed E-state index contributed by atoms with van der Waals surface area (Å²) in [6.45, 7) is 0. The number of nitrogens with one attached hydrogen (secondary N) is 1. The zero-order valence-electron chi connectivity index (χ0n) is 15.2. The van der Waals surface area contributed by atoms with E-state index in [0.717, 1.165) is 37.1 Å². The number of fused-ring (bicyclic) bond motifs is 1. The summed E-state index contributed by atoms with van der Waals surface area (Å²) >= 11 is 1.83. The van der Waals surface area contributed by atoms with E-state index >= 15 is 0 Å². The summed E-state index contributed by atoms with van der Waals surface area (Å²) in [7, 11) is 0. The van der Waals surface area contributed by atoms with Gasteiger partial charge in [-0.25, -0.2) is 5.48 Å². The highest BCUT2D eigenvalue weighted by atomic mass is 32.2. The van der Waals surface area contributed by atoms with Crippen molar-refractivity contribution >= 4 is 28.6 Å². The van der Waals surface area contributed by atoms with E-state index in [4.69, 9.17) is 5.21 Å². The standard InChI is InChI=1S/C22H24N2O2S/c25-22(23-26)19-6-2-4-8-21(19)27-15-16-9-11-18(12-10-16)24-14-13-17-5-1-3-7-20(17)24/h1,3,5,7,9-14,19,21,26H,2,4,6,8,15H2,(H,23,25). The van der Waals surface area contributed by atoms with Crippen LogP contribution in [0, 0.1) is 5.92 Å². The van der Waals surface area contributed by atoms with E-state index in [1.807, 2.05) is 17.2 Å². The molecule has 140 valence electrons. The second-order valence-corrected chi connectivity index (χ2v) is 8.35. The van der Waals surface area contributed by atoms with E-state index in [1.54, 1.807) is 0 Å². The second-order valence-electron chi connectivity index (χ2n) is 7.13. The number of nitrogens with zero attached hydrogens (tertiary/aromatic N) is 1. The second kappa shape index (κ2) is 8.19. The molecule has 0 radical (unpaired) electrons. The highest BCUT2D eigenvalue weighted by Gasteiger charge is 2.30. The SMILES string of the molecule is O=C(NO)C1CCCCC1SCc1ccc(-n2ccc3ccccc32)cc1. The van der Waals surface area contributed by atoms with E-state index in [2.05, 4.69) is 65.4 Å². The van der Waals surface area contributed by atoms with Crippen molar-refractivity contribution in [1.82, 2.24) is 10.0 Å². The Morgan fingerprint density at radius 2 is 1.85 bits per heavy atom. The quantitative estimate of drug-likeness (QED) is 0.487. The van der Waals surface area contributed by atoms with Gasteiger partial charge in [0.05, 0.1) is 11.4 Å². The third-order valence-electron chi connectivity index (χ3n) is 5.43. The fraction of sp³-hybridized carbons (Fsp3) is 0.318. The number of hydrogen-bond acceptors (Lipinski definition) is 3. The van der Waals surface area contributed by atoms with Crippen molar-refractivity contribution < 1.29 is 10.0 Å². The van der Waals surface area contributed by atoms with Crippen LogP contribution in [0.4, 0.5) is 0 Å². The Morgan fingerprint density at radius 1 is 1.07 bits per heavy atom. The zero-order chi connectivity index (χ0) is 18.6. The Bertz CT molecular complexity index is 919. The molecule has 0 bridgehead atoms. The summed E-state index contributed by atoms with van der Waals surface area (Å²) in [6, 6.07) is 19.2. The smallest absolute Gasteiger partial charge is 0.247 e. The van der Waals surface area contributed by atoms with Gasteiger partial charge < -0.3 is 4.57 Å². The van der Waals surface area contributed by atoms with Crippen LogP contribution in [0.1, 0.15) is 31.2 Å². The minimum atomic E-state index is -0.234. The lowest BCUT2D eigenvalue weighted by Crippen LogP contribution is -2.36. The molecule has 2 aromatic carbocycles. The first-order valence-electron chi connectivity index (χ1n) is 9.47. The number of hydroxylamine groups is 1. The molecule has 0 aliphatic heterocycles. The summed E-state index contributed by atoms with van der Waals surface area (Å²) in [4.78, 5) is 11.9. The van der Waals surface area contributed by atoms with Gasteiger partial charge in [0.2, 0.25) is 5.91 Å². The van der Waals surface area contributed by atoms with Crippen LogP contribution in [-0.4, -0.2) is 20.9 Å². The first-order chi connectivity index (χ1) is 13.3. The van der Waals surface area contributed by atoms with Gasteiger partial charge in [0.1, 0.15) is 0 Å². The maximum atomic E-state index is 11.9. The molecular weight excluding hydrogens is 356 g/mol. The van der Waals surface area contributed by atoms with Crippen LogP contribution in [0.3, 0.4) is 0 Å². The van der Waals surface area contributed by atoms with Crippen molar-refractivity contribution in [3.8, 4) is 5.69 Å². The Hall–Kier alpha value is -2.24. The topological polar surface area (TPSA) is 54.3 Å². The van der Waals surface area contributed by atoms with Gasteiger partial charge in [0.15, 0.2) is 0 Å². The van der Waals surface area contributed by atoms with Crippen molar-refractivity contribution in [2.75, 3.05) is 0 Å². The highest BCUT2D eigenvalue weighted by molar-refractivity contribution is 7.99. The average molecular weight is 381 g/mol. The van der Waals surface area contributed by atoms with Crippen LogP contribution in [-0.2, 0) is 10.5 Å². The van der Waals surface area contributed by atoms with E-state index in [1.165, 1.54) is 16.5 Å². The van der Waals surface area contributed by atoms with Gasteiger partial charge in [-0.05, 0) is 48.1 Å². The summed E-state index contributed by atoms with van der Waals surface area (Å²) in [5, 5.41) is 10.5. The lowest BCUT2D eigenvalue weighted by molar-refractivity contribution is -0.134. The van der Waals surface area contributed by atoms with Crippen molar-refractivity contribution in [1.29, 1.82) is 0 Å². The molecule has 1 aliphatic rings. The first-order valence-corrected chi connectivity index (χ1v) is 10.5. The van der Waals surface area contributed by atoms with Gasteiger partial charge in [0, 0.05) is 22.9 Å². The molecule has 27 heavy (non-hydrogen) atoms. The van der Waals surface area contributed by atoms with Gasteiger partial charge in [-0.2, -0.15) is 11.8 Å². The van der Waals surface area contributed by atoms with Gasteiger partial charge in [-0.15, -0.1) is 0 Å². The van der Waals surface area contributed by atoms with Crippen LogP contribution in [0.2, 0.25) is 0 Å². The third kappa shape index (κ3) is 3.89. The van der Waals surface area contributed by atoms with Crippen molar-refractivity contribution in [2.45, 2.75) is 36.7 Å². The van der Waals surface area contributed by atoms with E-state index in [0.29, 0.717) is 0 Å². The Morgan fingerprint density at radius 3 is 2.67 bits per heavy atom. The fourth-order valence-corrected chi connectivity index (χ4v) is 5.37. The Kier molecular flexibility index (Phi) is 5.50. The monoisotopic (exact) mass is 380 g/mol. The molecule has 2 unspecified atom stereocenters. The molecular formula is C22H24N2O2S. The molecule has 4 nitrogen and oxygen atoms in total. The van der Waals surface area contributed by atoms with Gasteiger partial charge in [-0.3, -0.25) is 10.0 Å². The van der Waals surface area contributed by atoms with Crippen LogP contribution in [0.15, 0.2) is 60.8 Å². The normalized spacial score (nSPS) is 19.9. The molecule has 2 N–H and O–H groups in total. The van der Waals surface area contributed by atoms with Crippen molar-refractivity contribution in [2.24, 2.45) is 5.92 Å². The van der Waals surface area contributed by atoms with E-state index in [9.17, 15) is 4.79 Å².